The number of aromatic hydroxyl groups is 6. The van der Waals surface area contributed by atoms with Crippen LogP contribution < -0.4 is 26.4 Å². The first-order chi connectivity index (χ1) is 39.7. The van der Waals surface area contributed by atoms with Crippen LogP contribution >= 0.6 is 12.8 Å². The minimum absolute atomic E-state index is 0. The van der Waals surface area contributed by atoms with Crippen LogP contribution in [0.1, 0.15) is 132 Å². The van der Waals surface area contributed by atoms with Crippen LogP contribution in [0.4, 0.5) is 0 Å². The van der Waals surface area contributed by atoms with Crippen molar-refractivity contribution in [1.82, 2.24) is 20.7 Å². The molecule has 0 saturated carbocycles. The SMILES string of the molecule is CC(=O)CCCNC(=O)CCC(C)(c1ccc(O)cc1)c1ccc(O)cc1.CC(=O)NCCN.CC(CCC(=O)NS)(c1ccc(O)cc1)c1ccc(O)cc1.CC(CCC(=O)O)(c1ccc(O)cc1)c1ccc(O)cc1.O.O=C1CCC(=O)N1. The zero-order chi connectivity index (χ0) is 62.5. The summed E-state index contributed by atoms with van der Waals surface area (Å²) in [6.45, 7) is 10.7. The van der Waals surface area contributed by atoms with Gasteiger partial charge in [0.1, 0.15) is 40.3 Å². The Morgan fingerprint density at radius 3 is 0.965 bits per heavy atom. The zero-order valence-electron chi connectivity index (χ0n) is 48.6. The Hall–Kier alpha value is -8.92. The van der Waals surface area contributed by atoms with Crippen LogP contribution in [0.15, 0.2) is 146 Å². The number of rotatable bonds is 21. The molecule has 85 heavy (non-hydrogen) atoms. The number of nitrogens with one attached hydrogen (secondary N) is 4. The quantitative estimate of drug-likeness (QED) is 0.0186. The molecule has 1 fully saturated rings. The summed E-state index contributed by atoms with van der Waals surface area (Å²) >= 11 is 3.78. The number of carboxylic acid groups (broad SMARTS) is 1. The first kappa shape index (κ1) is 72.2. The van der Waals surface area contributed by atoms with Gasteiger partial charge in [0.25, 0.3) is 0 Å². The third-order valence-corrected chi connectivity index (χ3v) is 14.3. The molecule has 6 aromatic carbocycles. The number of aliphatic carboxylic acids is 1. The summed E-state index contributed by atoms with van der Waals surface area (Å²) in [5.41, 5.74) is 9.49. The van der Waals surface area contributed by atoms with Crippen molar-refractivity contribution in [3.05, 3.63) is 179 Å². The summed E-state index contributed by atoms with van der Waals surface area (Å²) in [7, 11) is 0. The number of thiol groups is 1. The lowest BCUT2D eigenvalue weighted by Gasteiger charge is -2.31. The van der Waals surface area contributed by atoms with Crippen LogP contribution in [0.2, 0.25) is 0 Å². The van der Waals surface area contributed by atoms with Crippen LogP contribution in [0.25, 0.3) is 0 Å². The van der Waals surface area contributed by atoms with E-state index in [2.05, 4.69) is 40.4 Å². The van der Waals surface area contributed by atoms with Gasteiger partial charge < -0.3 is 67.1 Å². The van der Waals surface area contributed by atoms with Crippen LogP contribution in [0.3, 0.4) is 0 Å². The number of imide groups is 1. The number of carboxylic acids is 1. The number of Topliss-reactive ketones (excluding diaryl/α,β-unsaturated/α-hetero) is 1. The molecule has 20 nitrogen and oxygen atoms in total. The Morgan fingerprint density at radius 2 is 0.753 bits per heavy atom. The van der Waals surface area contributed by atoms with E-state index >= 15 is 0 Å². The van der Waals surface area contributed by atoms with Gasteiger partial charge in [-0.1, -0.05) is 106 Å². The van der Waals surface area contributed by atoms with E-state index in [0.717, 1.165) is 33.4 Å². The van der Waals surface area contributed by atoms with Crippen LogP contribution in [0.5, 0.6) is 34.5 Å². The second-order valence-corrected chi connectivity index (χ2v) is 20.8. The van der Waals surface area contributed by atoms with E-state index in [1.165, 1.54) is 6.92 Å². The molecule has 7 rings (SSSR count). The molecular weight excluding hydrogens is 1110 g/mol. The monoisotopic (exact) mass is 1190 g/mol. The number of carbonyl (C=O) groups excluding carboxylic acids is 6. The molecule has 0 bridgehead atoms. The van der Waals surface area contributed by atoms with Gasteiger partial charge in [-0.2, -0.15) is 0 Å². The fraction of sp³-hybridized carbons (Fsp3) is 0.328. The van der Waals surface area contributed by atoms with Gasteiger partial charge in [0.15, 0.2) is 0 Å². The number of hydrogen-bond donors (Lipinski definition) is 13. The third kappa shape index (κ3) is 24.8. The molecule has 1 saturated heterocycles. The van der Waals surface area contributed by atoms with Gasteiger partial charge in [-0.15, -0.1) is 0 Å². The zero-order valence-corrected chi connectivity index (χ0v) is 49.5. The Morgan fingerprint density at radius 1 is 0.471 bits per heavy atom. The predicted molar refractivity (Wildman–Crippen MR) is 327 cm³/mol. The summed E-state index contributed by atoms with van der Waals surface area (Å²) in [5.74, 6) is -0.125. The number of carbonyl (C=O) groups is 7. The maximum Gasteiger partial charge on any atom is 0.303 e. The van der Waals surface area contributed by atoms with Gasteiger partial charge in [-0.25, -0.2) is 0 Å². The molecule has 0 aromatic heterocycles. The Kier molecular flexibility index (Phi) is 30.5. The fourth-order valence-electron chi connectivity index (χ4n) is 8.89. The second kappa shape index (κ2) is 35.9. The molecule has 5 amide bonds. The van der Waals surface area contributed by atoms with Crippen molar-refractivity contribution in [2.24, 2.45) is 5.73 Å². The van der Waals surface area contributed by atoms with Crippen molar-refractivity contribution < 1.29 is 74.8 Å². The molecule has 0 spiro atoms. The van der Waals surface area contributed by atoms with E-state index in [-0.39, 0.29) is 81.7 Å². The van der Waals surface area contributed by atoms with Crippen molar-refractivity contribution in [2.75, 3.05) is 19.6 Å². The van der Waals surface area contributed by atoms with Crippen molar-refractivity contribution in [3.8, 4) is 34.5 Å². The lowest BCUT2D eigenvalue weighted by atomic mass is 9.73. The number of benzene rings is 6. The maximum absolute atomic E-state index is 12.2. The topological polar surface area (TPSA) is 367 Å². The average molecular weight is 1190 g/mol. The largest absolute Gasteiger partial charge is 0.508 e. The second-order valence-electron chi connectivity index (χ2n) is 20.6. The van der Waals surface area contributed by atoms with Crippen molar-refractivity contribution >= 4 is 54.1 Å². The van der Waals surface area contributed by atoms with E-state index in [9.17, 15) is 64.2 Å². The highest BCUT2D eigenvalue weighted by atomic mass is 32.1. The molecule has 0 atom stereocenters. The number of nitrogens with two attached hydrogens (primary N) is 1. The van der Waals surface area contributed by atoms with Crippen LogP contribution in [0, 0.1) is 0 Å². The third-order valence-electron chi connectivity index (χ3n) is 14.1. The maximum atomic E-state index is 12.2. The normalized spacial score (nSPS) is 11.6. The molecule has 0 unspecified atom stereocenters. The number of phenols is 6. The van der Waals surface area contributed by atoms with E-state index in [1.807, 2.05) is 62.4 Å². The minimum Gasteiger partial charge on any atom is -0.508 e. The Labute approximate surface area is 501 Å². The van der Waals surface area contributed by atoms with E-state index < -0.39 is 22.2 Å². The number of amides is 5. The summed E-state index contributed by atoms with van der Waals surface area (Å²) < 4.78 is 2.33. The van der Waals surface area contributed by atoms with Gasteiger partial charge in [-0.3, -0.25) is 34.1 Å². The lowest BCUT2D eigenvalue weighted by Crippen LogP contribution is -2.29. The highest BCUT2D eigenvalue weighted by Crippen LogP contribution is 2.40. The van der Waals surface area contributed by atoms with Gasteiger partial charge in [-0.05, 0) is 139 Å². The van der Waals surface area contributed by atoms with Crippen LogP contribution in [-0.4, -0.2) is 102 Å². The molecule has 1 aliphatic heterocycles. The lowest BCUT2D eigenvalue weighted by molar-refractivity contribution is -0.137. The molecule has 15 N–H and O–H groups in total. The first-order valence-electron chi connectivity index (χ1n) is 27.2. The molecule has 0 aliphatic carbocycles. The van der Waals surface area contributed by atoms with Gasteiger partial charge in [0.05, 0.1) is 0 Å². The molecule has 6 aromatic rings. The predicted octanol–water partition coefficient (Wildman–Crippen LogP) is 7.76. The Balaban J connectivity index is 0.000000389. The van der Waals surface area contributed by atoms with E-state index in [1.54, 1.807) is 104 Å². The number of hydrogen-bond acceptors (Lipinski definition) is 15. The van der Waals surface area contributed by atoms with Gasteiger partial charge in [0, 0.05) is 81.3 Å². The number of ketones is 1. The fourth-order valence-corrected chi connectivity index (χ4v) is 9.00. The Bertz CT molecular complexity index is 2900. The number of phenolic OH excluding ortho intramolecular Hbond substituents is 6. The molecule has 1 heterocycles. The van der Waals surface area contributed by atoms with Gasteiger partial charge >= 0.3 is 5.97 Å². The van der Waals surface area contributed by atoms with E-state index in [0.29, 0.717) is 77.4 Å². The van der Waals surface area contributed by atoms with Gasteiger partial charge in [0.2, 0.25) is 29.5 Å². The van der Waals surface area contributed by atoms with Crippen molar-refractivity contribution in [3.63, 3.8) is 0 Å². The molecule has 0 radical (unpaired) electrons. The van der Waals surface area contributed by atoms with Crippen molar-refractivity contribution in [2.45, 2.75) is 115 Å². The van der Waals surface area contributed by atoms with E-state index in [4.69, 9.17) is 10.8 Å². The smallest absolute Gasteiger partial charge is 0.303 e. The standard InChI is InChI=1S/C22H27NO4.C17H19NO3S.C17H18O4.C4H10N2O.C4H5NO2.H2O/c1-16(24)4-3-15-23-21(27)13-14-22(2,17-5-9-19(25)10-6-17)18-7-11-20(26)12-8-18;1-17(11-10-16(21)18-22,12-2-6-14(19)7-3-12)13-4-8-15(20)9-5-13;1-17(11-10-16(20)21,12-2-6-14(18)7-3-12)13-4-8-15(19)9-5-13;1-4(7)6-3-2-5;6-3-1-2-4(7)5-3;/h5-12,25-26H,3-4,13-15H2,1-2H3,(H,23,27);2-9,19-20,22H,10-11H2,1H3,(H,18,21);2-9,18-19H,10-11H2,1H3,(H,20,21);2-3,5H2,1H3,(H,6,7);1-2H2,(H,5,6,7);1H2. The average Bonchev–Trinajstić information content (AvgIpc) is 4.00. The van der Waals surface area contributed by atoms with Crippen LogP contribution in [-0.2, 0) is 49.8 Å². The first-order valence-corrected chi connectivity index (χ1v) is 27.6. The molecular formula is C64H81N5O15S. The highest BCUT2D eigenvalue weighted by Gasteiger charge is 2.32. The minimum atomic E-state index is -0.848. The highest BCUT2D eigenvalue weighted by molar-refractivity contribution is 7.78. The molecule has 21 heteroatoms. The summed E-state index contributed by atoms with van der Waals surface area (Å²) in [6, 6.07) is 41.4. The molecule has 458 valence electrons. The van der Waals surface area contributed by atoms with Crippen molar-refractivity contribution in [1.29, 1.82) is 0 Å². The summed E-state index contributed by atoms with van der Waals surface area (Å²) in [4.78, 5) is 76.0. The summed E-state index contributed by atoms with van der Waals surface area (Å²) in [6.07, 6.45) is 4.14. The molecule has 1 aliphatic rings. The summed E-state index contributed by atoms with van der Waals surface area (Å²) in [5, 5.41) is 73.5.